The number of nitrogens with two attached hydrogens (primary N) is 4. The highest BCUT2D eigenvalue weighted by atomic mass is 32.1. The van der Waals surface area contributed by atoms with Crippen molar-refractivity contribution >= 4 is 76.0 Å². The van der Waals surface area contributed by atoms with Gasteiger partial charge in [-0.3, -0.25) is 24.0 Å². The second-order valence-electron chi connectivity index (χ2n) is 11.8. The third-order valence-corrected chi connectivity index (χ3v) is 7.87. The summed E-state index contributed by atoms with van der Waals surface area (Å²) >= 11 is 0. The van der Waals surface area contributed by atoms with Gasteiger partial charge in [0.05, 0.1) is 6.04 Å². The Kier molecular flexibility index (Phi) is 34.8. The first-order valence-electron chi connectivity index (χ1n) is 16.6. The summed E-state index contributed by atoms with van der Waals surface area (Å²) in [6.07, 6.45) is 10.1. The lowest BCUT2D eigenvalue weighted by Gasteiger charge is -2.24. The van der Waals surface area contributed by atoms with Gasteiger partial charge in [0.25, 0.3) is 0 Å². The molecule has 0 aromatic rings. The number of amides is 5. The van der Waals surface area contributed by atoms with E-state index in [0.29, 0.717) is 50.3 Å². The van der Waals surface area contributed by atoms with Gasteiger partial charge >= 0.3 is 5.97 Å². The van der Waals surface area contributed by atoms with E-state index >= 15 is 0 Å². The molecule has 18 heteroatoms. The molecule has 0 radical (unpaired) electrons. The number of carbonyl (C=O) groups excluding carboxylic acids is 6. The van der Waals surface area contributed by atoms with Crippen LogP contribution < -0.4 is 22.9 Å². The summed E-state index contributed by atoms with van der Waals surface area (Å²) in [5.41, 5.74) is 22.2. The first-order valence-corrected chi connectivity index (χ1v) is 16.6. The van der Waals surface area contributed by atoms with E-state index in [1.54, 1.807) is 15.9 Å². The Balaban J connectivity index is -0.000000186. The summed E-state index contributed by atoms with van der Waals surface area (Å²) in [6, 6.07) is -1.32. The van der Waals surface area contributed by atoms with Crippen LogP contribution in [-0.2, 0) is 33.5 Å². The second-order valence-corrected chi connectivity index (χ2v) is 11.8. The predicted molar refractivity (Wildman–Crippen MR) is 213 cm³/mol. The maximum absolute atomic E-state index is 11.7. The van der Waals surface area contributed by atoms with Crippen LogP contribution in [0.4, 0.5) is 0 Å². The van der Waals surface area contributed by atoms with Crippen molar-refractivity contribution in [3.05, 3.63) is 23.3 Å². The summed E-state index contributed by atoms with van der Waals surface area (Å²) in [5.74, 6) is -1.25. The van der Waals surface area contributed by atoms with Crippen LogP contribution in [0.25, 0.3) is 0 Å². The Morgan fingerprint density at radius 1 is 0.804 bits per heavy atom. The quantitative estimate of drug-likeness (QED) is 0.157. The molecule has 11 N–H and O–H groups in total. The molecule has 5 amide bonds. The van der Waals surface area contributed by atoms with Crippen LogP contribution in [0.15, 0.2) is 23.3 Å². The molecule has 3 aliphatic heterocycles. The molecule has 3 heterocycles. The number of aliphatic hydroxyl groups is 1. The van der Waals surface area contributed by atoms with E-state index < -0.39 is 42.2 Å². The highest BCUT2D eigenvalue weighted by Crippen LogP contribution is 2.25. The van der Waals surface area contributed by atoms with Gasteiger partial charge in [0.2, 0.25) is 35.8 Å². The molecule has 5 atom stereocenters. The lowest BCUT2D eigenvalue weighted by atomic mass is 10.0. The van der Waals surface area contributed by atoms with Crippen molar-refractivity contribution in [1.82, 2.24) is 9.80 Å². The van der Waals surface area contributed by atoms with E-state index in [1.165, 1.54) is 6.08 Å². The third-order valence-electron chi connectivity index (χ3n) is 7.87. The average Bonchev–Trinajstić information content (AvgIpc) is 3.65. The SMILES string of the molecule is CCCC1=CC(=O)N(C(CC)C(N)=O)C1.CCCC1=CC(=O)OC1O.CCCC1CC(=O)N(C(CC)C(N)=O)C1.CC[C@H](N)C(N)=O.O.S.S.S. The normalized spacial score (nSPS) is 18.7. The van der Waals surface area contributed by atoms with E-state index in [0.717, 1.165) is 44.1 Å². The minimum Gasteiger partial charge on any atom is -0.429 e. The van der Waals surface area contributed by atoms with Crippen LogP contribution in [-0.4, -0.2) is 93.4 Å². The van der Waals surface area contributed by atoms with Crippen molar-refractivity contribution < 1.29 is 44.1 Å². The molecule has 0 saturated carbocycles. The fourth-order valence-electron chi connectivity index (χ4n) is 5.33. The number of hydrogen-bond donors (Lipinski definition) is 5. The van der Waals surface area contributed by atoms with Gasteiger partial charge in [0, 0.05) is 37.2 Å². The lowest BCUT2D eigenvalue weighted by Crippen LogP contribution is -2.45. The molecule has 0 bridgehead atoms. The van der Waals surface area contributed by atoms with Crippen molar-refractivity contribution in [2.45, 2.75) is 130 Å². The first-order chi connectivity index (χ1) is 22.1. The molecule has 0 spiro atoms. The van der Waals surface area contributed by atoms with E-state index in [2.05, 4.69) is 18.6 Å². The first kappa shape index (κ1) is 57.6. The maximum atomic E-state index is 11.7. The van der Waals surface area contributed by atoms with Crippen molar-refractivity contribution in [3.63, 3.8) is 0 Å². The zero-order valence-corrected chi connectivity index (χ0v) is 34.0. The smallest absolute Gasteiger partial charge is 0.333 e. The number of likely N-dealkylation sites (tertiary alicyclic amines) is 1. The Bertz CT molecular complexity index is 1120. The van der Waals surface area contributed by atoms with Crippen molar-refractivity contribution in [3.8, 4) is 0 Å². The van der Waals surface area contributed by atoms with Gasteiger partial charge in [0.15, 0.2) is 0 Å². The molecule has 300 valence electrons. The van der Waals surface area contributed by atoms with Crippen LogP contribution in [0.5, 0.6) is 0 Å². The summed E-state index contributed by atoms with van der Waals surface area (Å²) in [5, 5.41) is 8.98. The summed E-state index contributed by atoms with van der Waals surface area (Å²) in [6.45, 7) is 13.0. The van der Waals surface area contributed by atoms with Gasteiger partial charge in [0.1, 0.15) is 12.1 Å². The zero-order chi connectivity index (χ0) is 36.3. The number of primary amides is 3. The van der Waals surface area contributed by atoms with E-state index in [1.807, 2.05) is 27.7 Å². The van der Waals surface area contributed by atoms with Crippen LogP contribution in [0.2, 0.25) is 0 Å². The van der Waals surface area contributed by atoms with Gasteiger partial charge in [-0.1, -0.05) is 60.8 Å². The molecule has 1 fully saturated rings. The van der Waals surface area contributed by atoms with Gasteiger partial charge in [-0.25, -0.2) is 4.79 Å². The Labute approximate surface area is 324 Å². The summed E-state index contributed by atoms with van der Waals surface area (Å²) < 4.78 is 4.45. The standard InChI is InChI=1S/C11H20N2O2.C11H18N2O2.C7H10O3.C4H10N2O.H2O.3H2S/c2*1-3-5-8-6-10(14)13(7-8)9(4-2)11(12)15;1-2-3-5-4-6(8)10-7(5)9;1-2-3(5)4(6)7;;;;/h8-9H,3-7H2,1-2H3,(H2,12,15);6,9H,3-5,7H2,1-2H3,(H2,12,15);4,7,9H,2-3H2,1H3;3H,2,5H2,1H3,(H2,6,7);4*1H2/t;;;3-;;;;/m...0..../s1. The molecule has 51 heavy (non-hydrogen) atoms. The Morgan fingerprint density at radius 3 is 1.67 bits per heavy atom. The number of esters is 1. The van der Waals surface area contributed by atoms with Crippen molar-refractivity contribution in [2.24, 2.45) is 28.9 Å². The average molecular weight is 787 g/mol. The maximum Gasteiger partial charge on any atom is 0.333 e. The fraction of sp³-hybridized carbons (Fsp3) is 0.697. The van der Waals surface area contributed by atoms with E-state index in [9.17, 15) is 28.8 Å². The number of cyclic esters (lactones) is 1. The Hall–Kier alpha value is -2.77. The summed E-state index contributed by atoms with van der Waals surface area (Å²) in [4.78, 5) is 69.3. The molecular formula is C33H66N6O9S3. The minimum atomic E-state index is -0.979. The van der Waals surface area contributed by atoms with Crippen LogP contribution in [0.3, 0.4) is 0 Å². The largest absolute Gasteiger partial charge is 0.429 e. The highest BCUT2D eigenvalue weighted by molar-refractivity contribution is 7.59. The van der Waals surface area contributed by atoms with Gasteiger partial charge < -0.3 is 48.1 Å². The number of carbonyl (C=O) groups is 6. The number of ether oxygens (including phenoxy) is 1. The predicted octanol–water partition coefficient (Wildman–Crippen LogP) is 1.03. The molecule has 3 rings (SSSR count). The molecule has 1 saturated heterocycles. The van der Waals surface area contributed by atoms with Crippen LogP contribution >= 0.6 is 40.5 Å². The molecule has 0 aromatic heterocycles. The number of rotatable bonds is 14. The molecule has 15 nitrogen and oxygen atoms in total. The van der Waals surface area contributed by atoms with Gasteiger partial charge in [-0.05, 0) is 50.0 Å². The number of hydrogen-bond acceptors (Lipinski definition) is 9. The van der Waals surface area contributed by atoms with Crippen molar-refractivity contribution in [2.75, 3.05) is 13.1 Å². The molecule has 0 aliphatic carbocycles. The van der Waals surface area contributed by atoms with Crippen molar-refractivity contribution in [1.29, 1.82) is 0 Å². The van der Waals surface area contributed by atoms with Gasteiger partial charge in [-0.15, -0.1) is 0 Å². The topological polar surface area (TPSA) is 274 Å². The highest BCUT2D eigenvalue weighted by Gasteiger charge is 2.35. The summed E-state index contributed by atoms with van der Waals surface area (Å²) in [7, 11) is 0. The van der Waals surface area contributed by atoms with Crippen LogP contribution in [0.1, 0.15) is 106 Å². The second kappa shape index (κ2) is 30.8. The van der Waals surface area contributed by atoms with Crippen LogP contribution in [0, 0.1) is 5.92 Å². The fourth-order valence-corrected chi connectivity index (χ4v) is 5.33. The minimum absolute atomic E-state index is 0. The zero-order valence-electron chi connectivity index (χ0n) is 31.0. The van der Waals surface area contributed by atoms with E-state index in [-0.39, 0.29) is 63.7 Å². The molecule has 3 aliphatic rings. The lowest BCUT2D eigenvalue weighted by molar-refractivity contribution is -0.151. The van der Waals surface area contributed by atoms with Gasteiger partial charge in [-0.2, -0.15) is 40.5 Å². The number of aliphatic hydroxyl groups excluding tert-OH is 1. The molecule has 0 aromatic carbocycles. The van der Waals surface area contributed by atoms with E-state index in [4.69, 9.17) is 28.0 Å². The third kappa shape index (κ3) is 20.8. The Morgan fingerprint density at radius 2 is 1.31 bits per heavy atom. The monoisotopic (exact) mass is 786 g/mol. The molecule has 4 unspecified atom stereocenters. The molecular weight excluding hydrogens is 721 g/mol. The number of nitrogens with zero attached hydrogens (tertiary/aromatic N) is 2.